The standard InChI is InChI=1S/C12H18BrNO2S2/c1-3-10-6-4-5-7-14(10)18(15,16)11-8-9(2)12(13)17-11/h8,10H,3-7H2,1-2H3. The van der Waals surface area contributed by atoms with Crippen molar-refractivity contribution < 1.29 is 8.42 Å². The fourth-order valence-electron chi connectivity index (χ4n) is 2.37. The summed E-state index contributed by atoms with van der Waals surface area (Å²) in [5.74, 6) is 0. The number of aryl methyl sites for hydroxylation is 1. The molecule has 2 heterocycles. The smallest absolute Gasteiger partial charge is 0.206 e. The van der Waals surface area contributed by atoms with Crippen molar-refractivity contribution in [3.05, 3.63) is 15.4 Å². The molecule has 18 heavy (non-hydrogen) atoms. The van der Waals surface area contributed by atoms with E-state index in [0.717, 1.165) is 35.0 Å². The minimum atomic E-state index is -3.30. The molecule has 6 heteroatoms. The van der Waals surface area contributed by atoms with Crippen molar-refractivity contribution in [1.82, 2.24) is 4.31 Å². The minimum absolute atomic E-state index is 0.171. The Morgan fingerprint density at radius 2 is 2.22 bits per heavy atom. The quantitative estimate of drug-likeness (QED) is 0.830. The molecule has 0 aromatic carbocycles. The molecule has 0 bridgehead atoms. The zero-order valence-corrected chi connectivity index (χ0v) is 13.9. The highest BCUT2D eigenvalue weighted by atomic mass is 79.9. The van der Waals surface area contributed by atoms with Crippen LogP contribution < -0.4 is 0 Å². The van der Waals surface area contributed by atoms with E-state index in [-0.39, 0.29) is 6.04 Å². The largest absolute Gasteiger partial charge is 0.252 e. The van der Waals surface area contributed by atoms with E-state index < -0.39 is 10.0 Å². The van der Waals surface area contributed by atoms with Gasteiger partial charge in [0.15, 0.2) is 0 Å². The van der Waals surface area contributed by atoms with E-state index in [4.69, 9.17) is 0 Å². The summed E-state index contributed by atoms with van der Waals surface area (Å²) in [6.45, 7) is 4.65. The van der Waals surface area contributed by atoms with Crippen molar-refractivity contribution >= 4 is 37.3 Å². The Hall–Kier alpha value is 0.0900. The number of halogens is 1. The van der Waals surface area contributed by atoms with Gasteiger partial charge in [-0.05, 0) is 53.7 Å². The number of rotatable bonds is 3. The summed E-state index contributed by atoms with van der Waals surface area (Å²) in [7, 11) is -3.30. The molecule has 0 spiro atoms. The van der Waals surface area contributed by atoms with E-state index in [1.807, 2.05) is 6.92 Å². The molecule has 1 aliphatic rings. The summed E-state index contributed by atoms with van der Waals surface area (Å²) in [5, 5.41) is 0. The monoisotopic (exact) mass is 351 g/mol. The van der Waals surface area contributed by atoms with Crippen LogP contribution in [0.1, 0.15) is 38.2 Å². The molecule has 0 radical (unpaired) electrons. The molecule has 0 N–H and O–H groups in total. The Kier molecular flexibility index (Phi) is 4.52. The number of hydrogen-bond donors (Lipinski definition) is 0. The maximum Gasteiger partial charge on any atom is 0.252 e. The van der Waals surface area contributed by atoms with Crippen LogP contribution >= 0.6 is 27.3 Å². The van der Waals surface area contributed by atoms with Gasteiger partial charge in [-0.2, -0.15) is 4.31 Å². The predicted molar refractivity (Wildman–Crippen MR) is 78.6 cm³/mol. The number of sulfonamides is 1. The number of thiophene rings is 1. The van der Waals surface area contributed by atoms with Gasteiger partial charge in [0.1, 0.15) is 4.21 Å². The summed E-state index contributed by atoms with van der Waals surface area (Å²) in [5.41, 5.74) is 0.989. The summed E-state index contributed by atoms with van der Waals surface area (Å²) in [6.07, 6.45) is 3.99. The van der Waals surface area contributed by atoms with Gasteiger partial charge in [0.25, 0.3) is 10.0 Å². The first-order valence-electron chi connectivity index (χ1n) is 6.24. The van der Waals surface area contributed by atoms with Crippen molar-refractivity contribution in [3.63, 3.8) is 0 Å². The van der Waals surface area contributed by atoms with Crippen LogP contribution in [-0.4, -0.2) is 25.3 Å². The van der Waals surface area contributed by atoms with Gasteiger partial charge in [-0.1, -0.05) is 13.3 Å². The lowest BCUT2D eigenvalue weighted by molar-refractivity contribution is 0.247. The fraction of sp³-hybridized carbons (Fsp3) is 0.667. The normalized spacial score (nSPS) is 22.3. The van der Waals surface area contributed by atoms with Gasteiger partial charge in [-0.3, -0.25) is 0 Å². The van der Waals surface area contributed by atoms with Crippen LogP contribution in [0.25, 0.3) is 0 Å². The van der Waals surface area contributed by atoms with Crippen LogP contribution in [0, 0.1) is 6.92 Å². The van der Waals surface area contributed by atoms with Gasteiger partial charge >= 0.3 is 0 Å². The van der Waals surface area contributed by atoms with Crippen LogP contribution in [0.4, 0.5) is 0 Å². The third-order valence-electron chi connectivity index (χ3n) is 3.44. The first kappa shape index (κ1) is 14.5. The van der Waals surface area contributed by atoms with Gasteiger partial charge < -0.3 is 0 Å². The second-order valence-electron chi connectivity index (χ2n) is 4.70. The Labute approximate surface area is 121 Å². The summed E-state index contributed by atoms with van der Waals surface area (Å²) in [6, 6.07) is 1.94. The highest BCUT2D eigenvalue weighted by Crippen LogP contribution is 2.34. The molecular weight excluding hydrogens is 334 g/mol. The van der Waals surface area contributed by atoms with Crippen LogP contribution in [0.3, 0.4) is 0 Å². The van der Waals surface area contributed by atoms with E-state index in [2.05, 4.69) is 22.9 Å². The molecular formula is C12H18BrNO2S2. The van der Waals surface area contributed by atoms with Crippen molar-refractivity contribution in [2.75, 3.05) is 6.54 Å². The molecule has 1 aliphatic heterocycles. The molecule has 2 rings (SSSR count). The number of nitrogens with zero attached hydrogens (tertiary/aromatic N) is 1. The average Bonchev–Trinajstić information content (AvgIpc) is 2.70. The third-order valence-corrected chi connectivity index (χ3v) is 7.98. The highest BCUT2D eigenvalue weighted by molar-refractivity contribution is 9.11. The van der Waals surface area contributed by atoms with Crippen LogP contribution in [0.5, 0.6) is 0 Å². The Bertz CT molecular complexity index is 505. The lowest BCUT2D eigenvalue weighted by Crippen LogP contribution is -2.42. The SMILES string of the molecule is CCC1CCCCN1S(=O)(=O)c1cc(C)c(Br)s1. The molecule has 3 nitrogen and oxygen atoms in total. The van der Waals surface area contributed by atoms with E-state index in [1.54, 1.807) is 10.4 Å². The Morgan fingerprint density at radius 1 is 1.50 bits per heavy atom. The molecule has 1 aromatic rings. The lowest BCUT2D eigenvalue weighted by Gasteiger charge is -2.33. The second kappa shape index (κ2) is 5.61. The molecule has 1 saturated heterocycles. The molecule has 1 aromatic heterocycles. The zero-order chi connectivity index (χ0) is 13.3. The molecule has 1 fully saturated rings. The first-order chi connectivity index (χ1) is 8.46. The van der Waals surface area contributed by atoms with Gasteiger partial charge in [0.2, 0.25) is 0 Å². The van der Waals surface area contributed by atoms with E-state index in [9.17, 15) is 8.42 Å². The third kappa shape index (κ3) is 2.66. The maximum atomic E-state index is 12.6. The van der Waals surface area contributed by atoms with E-state index in [1.165, 1.54) is 11.3 Å². The molecule has 1 atom stereocenters. The molecule has 0 amide bonds. The molecule has 0 aliphatic carbocycles. The number of piperidine rings is 1. The molecule has 102 valence electrons. The summed E-state index contributed by atoms with van der Waals surface area (Å²) in [4.78, 5) is 0. The summed E-state index contributed by atoms with van der Waals surface area (Å²) >= 11 is 4.71. The second-order valence-corrected chi connectivity index (χ2v) is 9.18. The first-order valence-corrected chi connectivity index (χ1v) is 9.29. The van der Waals surface area contributed by atoms with Crippen molar-refractivity contribution in [3.8, 4) is 0 Å². The van der Waals surface area contributed by atoms with Crippen LogP contribution in [0.15, 0.2) is 14.1 Å². The summed E-state index contributed by atoms with van der Waals surface area (Å²) < 4.78 is 28.4. The van der Waals surface area contributed by atoms with Crippen molar-refractivity contribution in [2.24, 2.45) is 0 Å². The lowest BCUT2D eigenvalue weighted by atomic mass is 10.0. The highest BCUT2D eigenvalue weighted by Gasteiger charge is 2.33. The Balaban J connectivity index is 2.35. The maximum absolute atomic E-state index is 12.6. The fourth-order valence-corrected chi connectivity index (χ4v) is 6.50. The average molecular weight is 352 g/mol. The predicted octanol–water partition coefficient (Wildman–Crippen LogP) is 3.77. The van der Waals surface area contributed by atoms with Gasteiger partial charge in [-0.25, -0.2) is 8.42 Å². The van der Waals surface area contributed by atoms with Gasteiger partial charge in [0, 0.05) is 12.6 Å². The van der Waals surface area contributed by atoms with Gasteiger partial charge in [0.05, 0.1) is 3.79 Å². The van der Waals surface area contributed by atoms with Crippen LogP contribution in [-0.2, 0) is 10.0 Å². The number of hydrogen-bond acceptors (Lipinski definition) is 3. The molecule has 1 unspecified atom stereocenters. The van der Waals surface area contributed by atoms with Crippen molar-refractivity contribution in [2.45, 2.75) is 49.8 Å². The zero-order valence-electron chi connectivity index (χ0n) is 10.6. The minimum Gasteiger partial charge on any atom is -0.206 e. The Morgan fingerprint density at radius 3 is 2.78 bits per heavy atom. The topological polar surface area (TPSA) is 37.4 Å². The molecule has 0 saturated carbocycles. The van der Waals surface area contributed by atoms with Crippen LogP contribution in [0.2, 0.25) is 0 Å². The van der Waals surface area contributed by atoms with Crippen molar-refractivity contribution in [1.29, 1.82) is 0 Å². The van der Waals surface area contributed by atoms with Gasteiger partial charge in [-0.15, -0.1) is 11.3 Å². The van der Waals surface area contributed by atoms with E-state index in [0.29, 0.717) is 10.8 Å². The van der Waals surface area contributed by atoms with E-state index >= 15 is 0 Å².